The van der Waals surface area contributed by atoms with E-state index >= 15 is 0 Å². The predicted molar refractivity (Wildman–Crippen MR) is 95.8 cm³/mol. The predicted octanol–water partition coefficient (Wildman–Crippen LogP) is 1.72. The molecule has 0 bridgehead atoms. The molecule has 1 aromatic rings. The second-order valence-electron chi connectivity index (χ2n) is 7.08. The minimum atomic E-state index is -0.681. The van der Waals surface area contributed by atoms with Crippen LogP contribution in [0.1, 0.15) is 24.6 Å². The first-order valence-electron chi connectivity index (χ1n) is 8.78. The van der Waals surface area contributed by atoms with E-state index in [1.165, 1.54) is 4.88 Å². The summed E-state index contributed by atoms with van der Waals surface area (Å²) in [4.78, 5) is 18.4. The number of nitrogens with one attached hydrogen (secondary N) is 1. The van der Waals surface area contributed by atoms with Gasteiger partial charge < -0.3 is 10.2 Å². The molecule has 1 N–H and O–H groups in total. The zero-order valence-corrected chi connectivity index (χ0v) is 15.1. The van der Waals surface area contributed by atoms with Crippen LogP contribution < -0.4 is 5.32 Å². The number of rotatable bonds is 7. The van der Waals surface area contributed by atoms with Gasteiger partial charge in [-0.2, -0.15) is 5.26 Å². The molecule has 2 aliphatic rings. The molecule has 5 nitrogen and oxygen atoms in total. The monoisotopic (exact) mass is 346 g/mol. The Morgan fingerprint density at radius 2 is 2.08 bits per heavy atom. The van der Waals surface area contributed by atoms with Crippen LogP contribution in [-0.2, 0) is 11.2 Å². The molecule has 0 unspecified atom stereocenters. The van der Waals surface area contributed by atoms with Crippen LogP contribution >= 0.6 is 11.3 Å². The van der Waals surface area contributed by atoms with Gasteiger partial charge in [-0.1, -0.05) is 6.07 Å². The highest BCUT2D eigenvalue weighted by atomic mass is 32.1. The molecule has 0 spiro atoms. The standard InChI is InChI=1S/C18H26N4OS/c1-18(14-19,15-4-5-15)20-17(23)13-22-10-8-21(9-11-22)7-6-16-3-2-12-24-16/h2-3,12,15H,4-11,13H2,1H3,(H,20,23)/t18-/m1/s1. The van der Waals surface area contributed by atoms with E-state index in [1.54, 1.807) is 0 Å². The molecule has 1 saturated carbocycles. The largest absolute Gasteiger partial charge is 0.337 e. The highest BCUT2D eigenvalue weighted by Gasteiger charge is 2.43. The quantitative estimate of drug-likeness (QED) is 0.817. The summed E-state index contributed by atoms with van der Waals surface area (Å²) in [5.74, 6) is 0.318. The van der Waals surface area contributed by atoms with Gasteiger partial charge in [-0.15, -0.1) is 11.3 Å². The third-order valence-corrected chi connectivity index (χ3v) is 6.05. The van der Waals surface area contributed by atoms with Crippen molar-refractivity contribution in [2.24, 2.45) is 5.92 Å². The maximum absolute atomic E-state index is 12.3. The maximum atomic E-state index is 12.3. The van der Waals surface area contributed by atoms with Crippen LogP contribution in [0.15, 0.2) is 17.5 Å². The molecule has 1 atom stereocenters. The number of hydrogen-bond acceptors (Lipinski definition) is 5. The zero-order valence-electron chi connectivity index (χ0n) is 14.3. The van der Waals surface area contributed by atoms with E-state index in [-0.39, 0.29) is 5.91 Å². The fourth-order valence-corrected chi connectivity index (χ4v) is 4.01. The number of carbonyl (C=O) groups excluding carboxylic acids is 1. The van der Waals surface area contributed by atoms with Gasteiger partial charge in [-0.3, -0.25) is 9.69 Å². The number of hydrogen-bond donors (Lipinski definition) is 1. The van der Waals surface area contributed by atoms with Gasteiger partial charge in [0, 0.05) is 37.6 Å². The highest BCUT2D eigenvalue weighted by Crippen LogP contribution is 2.39. The van der Waals surface area contributed by atoms with Crippen LogP contribution in [-0.4, -0.2) is 60.5 Å². The molecule has 6 heteroatoms. The van der Waals surface area contributed by atoms with Gasteiger partial charge in [-0.05, 0) is 43.6 Å². The maximum Gasteiger partial charge on any atom is 0.235 e. The summed E-state index contributed by atoms with van der Waals surface area (Å²) in [6.07, 6.45) is 3.21. The van der Waals surface area contributed by atoms with E-state index in [1.807, 2.05) is 18.3 Å². The second-order valence-corrected chi connectivity index (χ2v) is 8.12. The summed E-state index contributed by atoms with van der Waals surface area (Å²) in [6, 6.07) is 6.58. The summed E-state index contributed by atoms with van der Waals surface area (Å²) in [5, 5.41) is 14.4. The van der Waals surface area contributed by atoms with E-state index < -0.39 is 5.54 Å². The van der Waals surface area contributed by atoms with Crippen LogP contribution in [0.4, 0.5) is 0 Å². The molecule has 2 heterocycles. The molecule has 1 aliphatic heterocycles. The molecule has 24 heavy (non-hydrogen) atoms. The number of nitrogens with zero attached hydrogens (tertiary/aromatic N) is 3. The molecule has 3 rings (SSSR count). The third kappa shape index (κ3) is 4.56. The molecule has 0 radical (unpaired) electrons. The molecule has 1 aromatic heterocycles. The number of carbonyl (C=O) groups is 1. The van der Waals surface area contributed by atoms with Crippen LogP contribution in [0.5, 0.6) is 0 Å². The van der Waals surface area contributed by atoms with Gasteiger partial charge in [-0.25, -0.2) is 0 Å². The summed E-state index contributed by atoms with van der Waals surface area (Å²) >= 11 is 1.82. The first-order chi connectivity index (χ1) is 11.6. The second kappa shape index (κ2) is 7.64. The summed E-state index contributed by atoms with van der Waals surface area (Å²) in [5.41, 5.74) is -0.681. The minimum Gasteiger partial charge on any atom is -0.337 e. The van der Waals surface area contributed by atoms with Crippen molar-refractivity contribution in [1.29, 1.82) is 5.26 Å². The van der Waals surface area contributed by atoms with Crippen molar-refractivity contribution in [1.82, 2.24) is 15.1 Å². The Morgan fingerprint density at radius 1 is 1.38 bits per heavy atom. The lowest BCUT2D eigenvalue weighted by Gasteiger charge is -2.34. The van der Waals surface area contributed by atoms with Crippen molar-refractivity contribution in [3.63, 3.8) is 0 Å². The lowest BCUT2D eigenvalue weighted by molar-refractivity contribution is -0.124. The van der Waals surface area contributed by atoms with Gasteiger partial charge >= 0.3 is 0 Å². The van der Waals surface area contributed by atoms with Crippen molar-refractivity contribution in [2.75, 3.05) is 39.3 Å². The Hall–Kier alpha value is -1.42. The van der Waals surface area contributed by atoms with Crippen LogP contribution in [0, 0.1) is 17.2 Å². The number of amides is 1. The van der Waals surface area contributed by atoms with Crippen LogP contribution in [0.25, 0.3) is 0 Å². The molecular formula is C18H26N4OS. The molecular weight excluding hydrogens is 320 g/mol. The van der Waals surface area contributed by atoms with Crippen LogP contribution in [0.2, 0.25) is 0 Å². The SMILES string of the molecule is C[C@](C#N)(NC(=O)CN1CCN(CCc2cccs2)CC1)C1CC1. The lowest BCUT2D eigenvalue weighted by Crippen LogP contribution is -2.53. The fraction of sp³-hybridized carbons (Fsp3) is 0.667. The van der Waals surface area contributed by atoms with E-state index in [0.717, 1.165) is 52.0 Å². The van der Waals surface area contributed by atoms with Gasteiger partial charge in [0.05, 0.1) is 12.6 Å². The third-order valence-electron chi connectivity index (χ3n) is 5.11. The van der Waals surface area contributed by atoms with E-state index in [0.29, 0.717) is 12.5 Å². The van der Waals surface area contributed by atoms with Crippen molar-refractivity contribution in [2.45, 2.75) is 31.7 Å². The molecule has 1 amide bonds. The average Bonchev–Trinajstić information content (AvgIpc) is 3.32. The Balaban J connectivity index is 1.37. The molecule has 130 valence electrons. The Bertz CT molecular complexity index is 585. The first kappa shape index (κ1) is 17.4. The summed E-state index contributed by atoms with van der Waals surface area (Å²) < 4.78 is 0. The molecule has 1 saturated heterocycles. The van der Waals surface area contributed by atoms with Crippen molar-refractivity contribution < 1.29 is 4.79 Å². The molecule has 0 aromatic carbocycles. The molecule has 1 aliphatic carbocycles. The van der Waals surface area contributed by atoms with Gasteiger partial charge in [0.15, 0.2) is 0 Å². The minimum absolute atomic E-state index is 0.0158. The van der Waals surface area contributed by atoms with E-state index in [4.69, 9.17) is 0 Å². The normalized spacial score (nSPS) is 21.8. The fourth-order valence-electron chi connectivity index (χ4n) is 3.31. The Morgan fingerprint density at radius 3 is 2.67 bits per heavy atom. The topological polar surface area (TPSA) is 59.4 Å². The highest BCUT2D eigenvalue weighted by molar-refractivity contribution is 7.09. The van der Waals surface area contributed by atoms with Crippen LogP contribution in [0.3, 0.4) is 0 Å². The van der Waals surface area contributed by atoms with E-state index in [9.17, 15) is 10.1 Å². The zero-order chi connectivity index (χ0) is 17.0. The summed E-state index contributed by atoms with van der Waals surface area (Å²) in [7, 11) is 0. The van der Waals surface area contributed by atoms with Gasteiger partial charge in [0.1, 0.15) is 5.54 Å². The molecule has 2 fully saturated rings. The summed E-state index contributed by atoms with van der Waals surface area (Å²) in [6.45, 7) is 7.21. The van der Waals surface area contributed by atoms with Crippen molar-refractivity contribution in [3.8, 4) is 6.07 Å². The van der Waals surface area contributed by atoms with Crippen molar-refractivity contribution >= 4 is 17.2 Å². The number of piperazine rings is 1. The van der Waals surface area contributed by atoms with E-state index in [2.05, 4.69) is 38.7 Å². The smallest absolute Gasteiger partial charge is 0.235 e. The Labute approximate surface area is 148 Å². The number of thiophene rings is 1. The lowest BCUT2D eigenvalue weighted by atomic mass is 9.98. The number of nitriles is 1. The average molecular weight is 347 g/mol. The van der Waals surface area contributed by atoms with Crippen molar-refractivity contribution in [3.05, 3.63) is 22.4 Å². The first-order valence-corrected chi connectivity index (χ1v) is 9.66. The Kier molecular flexibility index (Phi) is 5.54. The van der Waals surface area contributed by atoms with Gasteiger partial charge in [0.2, 0.25) is 5.91 Å². The van der Waals surface area contributed by atoms with Gasteiger partial charge in [0.25, 0.3) is 0 Å².